The molecule has 148 valence electrons. The molecule has 0 bridgehead atoms. The van der Waals surface area contributed by atoms with Gasteiger partial charge in [-0.2, -0.15) is 0 Å². The zero-order valence-corrected chi connectivity index (χ0v) is 17.1. The van der Waals surface area contributed by atoms with Gasteiger partial charge in [0.2, 0.25) is 0 Å². The molecule has 3 N–H and O–H groups in total. The van der Waals surface area contributed by atoms with Gasteiger partial charge in [-0.1, -0.05) is 25.4 Å². The van der Waals surface area contributed by atoms with Gasteiger partial charge in [-0.15, -0.1) is 0 Å². The molecule has 3 rings (SSSR count). The third kappa shape index (κ3) is 4.62. The molecule has 0 fully saturated rings. The molecule has 0 saturated carbocycles. The summed E-state index contributed by atoms with van der Waals surface area (Å²) in [7, 11) is 0. The van der Waals surface area contributed by atoms with Crippen LogP contribution in [0.25, 0.3) is 11.8 Å². The summed E-state index contributed by atoms with van der Waals surface area (Å²) in [6.45, 7) is 7.72. The molecule has 0 unspecified atom stereocenters. The Morgan fingerprint density at radius 2 is 2.21 bits per heavy atom. The number of allylic oxidation sites excluding steroid dienone is 1. The van der Waals surface area contributed by atoms with E-state index < -0.39 is 5.82 Å². The lowest BCUT2D eigenvalue weighted by Gasteiger charge is -2.22. The number of hydrogen-bond acceptors (Lipinski definition) is 4. The van der Waals surface area contributed by atoms with Crippen molar-refractivity contribution in [1.29, 1.82) is 5.41 Å². The lowest BCUT2D eigenvalue weighted by Crippen LogP contribution is -2.28. The van der Waals surface area contributed by atoms with Gasteiger partial charge in [0.15, 0.2) is 0 Å². The van der Waals surface area contributed by atoms with E-state index in [0.717, 1.165) is 35.6 Å². The van der Waals surface area contributed by atoms with E-state index >= 15 is 0 Å². The highest BCUT2D eigenvalue weighted by Gasteiger charge is 2.25. The highest BCUT2D eigenvalue weighted by atomic mass is 35.5. The Morgan fingerprint density at radius 1 is 1.43 bits per heavy atom. The second-order valence-corrected chi connectivity index (χ2v) is 7.74. The molecular formula is C21H25ClFN5. The molecule has 0 radical (unpaired) electrons. The first-order chi connectivity index (χ1) is 13.3. The standard InChI is InChI=1S/C21H25ClFN5/c1-13(2)8-9-28-12-26-20(15-4-5-17(23)16(22)10-15)21(28)18(24)6-7-19-25-11-14(3)27-19/h4-7,10-11,13,24,26H,8-9,12H2,1-3H3,(H,25,27)/b7-6-,24-18?. The summed E-state index contributed by atoms with van der Waals surface area (Å²) in [6, 6.07) is 4.63. The van der Waals surface area contributed by atoms with E-state index in [1.807, 2.05) is 6.92 Å². The van der Waals surface area contributed by atoms with Gasteiger partial charge in [0.05, 0.1) is 28.8 Å². The van der Waals surface area contributed by atoms with Crippen LogP contribution in [0.15, 0.2) is 36.2 Å². The lowest BCUT2D eigenvalue weighted by atomic mass is 10.1. The molecule has 28 heavy (non-hydrogen) atoms. The molecule has 0 spiro atoms. The number of nitrogens with one attached hydrogen (secondary N) is 3. The fourth-order valence-corrected chi connectivity index (χ4v) is 3.24. The topological polar surface area (TPSA) is 67.8 Å². The van der Waals surface area contributed by atoms with Crippen LogP contribution in [0.2, 0.25) is 5.02 Å². The van der Waals surface area contributed by atoms with Crippen LogP contribution in [0.5, 0.6) is 0 Å². The number of aryl methyl sites for hydroxylation is 1. The predicted molar refractivity (Wildman–Crippen MR) is 113 cm³/mol. The van der Waals surface area contributed by atoms with E-state index in [4.69, 9.17) is 17.0 Å². The fourth-order valence-electron chi connectivity index (χ4n) is 3.05. The summed E-state index contributed by atoms with van der Waals surface area (Å²) in [5.41, 5.74) is 3.66. The Labute approximate surface area is 169 Å². The van der Waals surface area contributed by atoms with E-state index in [1.165, 1.54) is 6.07 Å². The first kappa shape index (κ1) is 20.1. The van der Waals surface area contributed by atoms with Crippen LogP contribution >= 0.6 is 11.6 Å². The first-order valence-corrected chi connectivity index (χ1v) is 9.70. The average Bonchev–Trinajstić information content (AvgIpc) is 3.26. The maximum absolute atomic E-state index is 13.6. The number of hydrogen-bond donors (Lipinski definition) is 3. The third-order valence-corrected chi connectivity index (χ3v) is 4.86. The van der Waals surface area contributed by atoms with Crippen LogP contribution in [-0.4, -0.2) is 33.8 Å². The second kappa shape index (κ2) is 8.61. The van der Waals surface area contributed by atoms with Gasteiger partial charge >= 0.3 is 0 Å². The summed E-state index contributed by atoms with van der Waals surface area (Å²) in [6.07, 6.45) is 6.28. The van der Waals surface area contributed by atoms with Crippen LogP contribution < -0.4 is 5.32 Å². The summed E-state index contributed by atoms with van der Waals surface area (Å²) in [5, 5.41) is 12.1. The number of aromatic amines is 1. The van der Waals surface area contributed by atoms with Gasteiger partial charge in [0.1, 0.15) is 11.6 Å². The average molecular weight is 402 g/mol. The van der Waals surface area contributed by atoms with Gasteiger partial charge in [0, 0.05) is 24.0 Å². The molecule has 0 atom stereocenters. The minimum Gasteiger partial charge on any atom is -0.366 e. The third-order valence-electron chi connectivity index (χ3n) is 4.57. The van der Waals surface area contributed by atoms with Crippen LogP contribution in [0.1, 0.15) is 37.4 Å². The lowest BCUT2D eigenvalue weighted by molar-refractivity contribution is 0.347. The zero-order valence-electron chi connectivity index (χ0n) is 16.3. The van der Waals surface area contributed by atoms with Crippen molar-refractivity contribution in [3.63, 3.8) is 0 Å². The van der Waals surface area contributed by atoms with Crippen LogP contribution in [0.4, 0.5) is 4.39 Å². The summed E-state index contributed by atoms with van der Waals surface area (Å²) < 4.78 is 13.6. The molecule has 2 heterocycles. The van der Waals surface area contributed by atoms with E-state index in [2.05, 4.69) is 34.0 Å². The van der Waals surface area contributed by atoms with Crippen molar-refractivity contribution in [3.8, 4) is 0 Å². The van der Waals surface area contributed by atoms with Crippen molar-refractivity contribution in [3.05, 3.63) is 64.1 Å². The minimum atomic E-state index is -0.453. The van der Waals surface area contributed by atoms with Gasteiger partial charge in [-0.3, -0.25) is 5.41 Å². The molecule has 1 aromatic carbocycles. The highest BCUT2D eigenvalue weighted by Crippen LogP contribution is 2.28. The normalized spacial score (nSPS) is 14.4. The van der Waals surface area contributed by atoms with E-state index in [1.54, 1.807) is 30.5 Å². The first-order valence-electron chi connectivity index (χ1n) is 9.32. The van der Waals surface area contributed by atoms with Gasteiger partial charge in [-0.25, -0.2) is 9.37 Å². The van der Waals surface area contributed by atoms with Crippen LogP contribution in [0.3, 0.4) is 0 Å². The van der Waals surface area contributed by atoms with Crippen molar-refractivity contribution in [1.82, 2.24) is 20.2 Å². The Hall–Kier alpha value is -2.60. The Morgan fingerprint density at radius 3 is 2.86 bits per heavy atom. The van der Waals surface area contributed by atoms with E-state index in [9.17, 15) is 4.39 Å². The summed E-state index contributed by atoms with van der Waals surface area (Å²) >= 11 is 5.98. The number of H-pyrrole nitrogens is 1. The quantitative estimate of drug-likeness (QED) is 0.582. The van der Waals surface area contributed by atoms with Crippen LogP contribution in [0, 0.1) is 24.1 Å². The highest BCUT2D eigenvalue weighted by molar-refractivity contribution is 6.31. The summed E-state index contributed by atoms with van der Waals surface area (Å²) in [5.74, 6) is 0.806. The van der Waals surface area contributed by atoms with Gasteiger partial charge in [-0.05, 0) is 49.6 Å². The summed E-state index contributed by atoms with van der Waals surface area (Å²) in [4.78, 5) is 9.52. The molecule has 1 aromatic heterocycles. The SMILES string of the molecule is Cc1cnc(/C=C\C(=N)C2=C(c3ccc(F)c(Cl)c3)NCN2CCC(C)C)[nH]1. The number of nitrogens with zero attached hydrogens (tertiary/aromatic N) is 2. The largest absolute Gasteiger partial charge is 0.366 e. The van der Waals surface area contributed by atoms with Gasteiger partial charge < -0.3 is 15.2 Å². The zero-order chi connectivity index (χ0) is 20.3. The van der Waals surface area contributed by atoms with Gasteiger partial charge in [0.25, 0.3) is 0 Å². The Kier molecular flexibility index (Phi) is 6.19. The smallest absolute Gasteiger partial charge is 0.141 e. The number of benzene rings is 1. The van der Waals surface area contributed by atoms with Crippen molar-refractivity contribution in [2.75, 3.05) is 13.2 Å². The Bertz CT molecular complexity index is 929. The fraction of sp³-hybridized carbons (Fsp3) is 0.333. The number of halogens is 2. The Balaban J connectivity index is 1.94. The number of imidazole rings is 1. The molecule has 0 saturated heterocycles. The van der Waals surface area contributed by atoms with Crippen molar-refractivity contribution in [2.45, 2.75) is 27.2 Å². The maximum Gasteiger partial charge on any atom is 0.141 e. The monoisotopic (exact) mass is 401 g/mol. The van der Waals surface area contributed by atoms with Crippen molar-refractivity contribution in [2.24, 2.45) is 5.92 Å². The molecule has 1 aliphatic rings. The molecule has 1 aliphatic heterocycles. The predicted octanol–water partition coefficient (Wildman–Crippen LogP) is 4.82. The van der Waals surface area contributed by atoms with Crippen molar-refractivity contribution >= 4 is 29.1 Å². The van der Waals surface area contributed by atoms with E-state index in [-0.39, 0.29) is 5.02 Å². The van der Waals surface area contributed by atoms with E-state index in [0.29, 0.717) is 24.1 Å². The van der Waals surface area contributed by atoms with Crippen LogP contribution in [-0.2, 0) is 0 Å². The molecule has 2 aromatic rings. The molecule has 0 aliphatic carbocycles. The minimum absolute atomic E-state index is 0.0694. The second-order valence-electron chi connectivity index (χ2n) is 7.33. The number of rotatable bonds is 7. The molecule has 5 nitrogen and oxygen atoms in total. The number of aromatic nitrogens is 2. The molecule has 7 heteroatoms. The maximum atomic E-state index is 13.6. The molecular weight excluding hydrogens is 377 g/mol. The van der Waals surface area contributed by atoms with Crippen molar-refractivity contribution < 1.29 is 4.39 Å². The molecule has 0 amide bonds.